The van der Waals surface area contributed by atoms with Crippen LogP contribution in [-0.2, 0) is 13.0 Å². The number of para-hydroxylation sites is 1. The van der Waals surface area contributed by atoms with Crippen LogP contribution in [0, 0.1) is 0 Å². The number of aliphatic hydroxyl groups excluding tert-OH is 1. The average molecular weight is 331 g/mol. The van der Waals surface area contributed by atoms with E-state index in [2.05, 4.69) is 39.4 Å². The number of rotatable bonds is 2. The Balaban J connectivity index is 1.81. The van der Waals surface area contributed by atoms with Gasteiger partial charge >= 0.3 is 0 Å². The van der Waals surface area contributed by atoms with Gasteiger partial charge < -0.3 is 10.0 Å². The van der Waals surface area contributed by atoms with Gasteiger partial charge in [0.25, 0.3) is 5.78 Å². The largest absolute Gasteiger partial charge is 0.392 e. The second-order valence-electron chi connectivity index (χ2n) is 6.33. The van der Waals surface area contributed by atoms with Gasteiger partial charge in [-0.25, -0.2) is 0 Å². The molecule has 6 heteroatoms. The van der Waals surface area contributed by atoms with Crippen molar-refractivity contribution < 1.29 is 5.11 Å². The Morgan fingerprint density at radius 3 is 2.96 bits per heavy atom. The maximum absolute atomic E-state index is 9.50. The number of hydrogen-bond acceptors (Lipinski definition) is 5. The third-order valence-electron chi connectivity index (χ3n) is 4.85. The molecule has 0 radical (unpaired) electrons. The van der Waals surface area contributed by atoms with Gasteiger partial charge in [0.05, 0.1) is 12.1 Å². The molecule has 0 amide bonds. The molecule has 6 nitrogen and oxygen atoms in total. The fourth-order valence-electron chi connectivity index (χ4n) is 3.65. The minimum absolute atomic E-state index is 0.00373. The molecule has 5 rings (SSSR count). The number of aromatic nitrogens is 4. The molecular formula is C19H17N5O. The molecule has 0 saturated heterocycles. The van der Waals surface area contributed by atoms with E-state index in [0.29, 0.717) is 5.78 Å². The highest BCUT2D eigenvalue weighted by atomic mass is 16.3. The van der Waals surface area contributed by atoms with Gasteiger partial charge in [-0.2, -0.15) is 4.98 Å². The monoisotopic (exact) mass is 331 g/mol. The average Bonchev–Trinajstić information content (AvgIpc) is 3.15. The molecule has 3 heterocycles. The molecular weight excluding hydrogens is 314 g/mol. The lowest BCUT2D eigenvalue weighted by atomic mass is 10.0. The molecule has 124 valence electrons. The Hall–Kier alpha value is -2.99. The molecule has 0 unspecified atom stereocenters. The lowest BCUT2D eigenvalue weighted by Gasteiger charge is -2.31. The van der Waals surface area contributed by atoms with Gasteiger partial charge in [0, 0.05) is 17.6 Å². The molecule has 4 aromatic rings. The van der Waals surface area contributed by atoms with Gasteiger partial charge in [0.15, 0.2) is 0 Å². The van der Waals surface area contributed by atoms with Gasteiger partial charge in [-0.1, -0.05) is 24.3 Å². The zero-order valence-electron chi connectivity index (χ0n) is 13.6. The van der Waals surface area contributed by atoms with Crippen LogP contribution in [-0.4, -0.2) is 31.2 Å². The Kier molecular flexibility index (Phi) is 3.18. The van der Waals surface area contributed by atoms with Crippen molar-refractivity contribution in [3.8, 4) is 0 Å². The fraction of sp³-hybridized carbons (Fsp3) is 0.211. The standard InChI is InChI=1S/C19H17N5O/c25-11-13-7-8-15-17(10-13)24-12-20-22-19(24)21-18(15)23-9-3-5-14-4-1-2-6-16(14)23/h1-2,4,6-8,10,12,25H,3,5,9,11H2. The highest BCUT2D eigenvalue weighted by Crippen LogP contribution is 2.36. The number of aliphatic hydroxyl groups is 1. The fourth-order valence-corrected chi connectivity index (χ4v) is 3.65. The summed E-state index contributed by atoms with van der Waals surface area (Å²) >= 11 is 0. The summed E-state index contributed by atoms with van der Waals surface area (Å²) in [5.74, 6) is 1.47. The van der Waals surface area contributed by atoms with Crippen molar-refractivity contribution in [1.82, 2.24) is 19.6 Å². The molecule has 0 fully saturated rings. The molecule has 2 aromatic heterocycles. The first-order valence-corrected chi connectivity index (χ1v) is 8.44. The Labute approximate surface area is 144 Å². The maximum Gasteiger partial charge on any atom is 0.257 e. The number of fused-ring (bicyclic) bond motifs is 4. The summed E-state index contributed by atoms with van der Waals surface area (Å²) in [6.07, 6.45) is 3.85. The highest BCUT2D eigenvalue weighted by molar-refractivity contribution is 5.94. The van der Waals surface area contributed by atoms with E-state index in [9.17, 15) is 5.11 Å². The van der Waals surface area contributed by atoms with E-state index in [1.807, 2.05) is 22.6 Å². The highest BCUT2D eigenvalue weighted by Gasteiger charge is 2.22. The summed E-state index contributed by atoms with van der Waals surface area (Å²) in [5.41, 5.74) is 4.37. The summed E-state index contributed by atoms with van der Waals surface area (Å²) in [6.45, 7) is 0.926. The summed E-state index contributed by atoms with van der Waals surface area (Å²) in [4.78, 5) is 7.07. The predicted octanol–water partition coefficient (Wildman–Crippen LogP) is 2.85. The molecule has 1 aliphatic rings. The molecule has 1 N–H and O–H groups in total. The molecule has 2 aromatic carbocycles. The predicted molar refractivity (Wildman–Crippen MR) is 96.0 cm³/mol. The minimum atomic E-state index is 0.00373. The molecule has 0 bridgehead atoms. The molecule has 0 saturated carbocycles. The van der Waals surface area contributed by atoms with Crippen molar-refractivity contribution in [3.63, 3.8) is 0 Å². The van der Waals surface area contributed by atoms with Gasteiger partial charge in [-0.15, -0.1) is 10.2 Å². The number of anilines is 2. The van der Waals surface area contributed by atoms with Gasteiger partial charge in [0.1, 0.15) is 12.1 Å². The number of hydrogen-bond donors (Lipinski definition) is 1. The summed E-state index contributed by atoms with van der Waals surface area (Å²) in [5, 5.41) is 18.7. The van der Waals surface area contributed by atoms with Crippen LogP contribution >= 0.6 is 0 Å². The van der Waals surface area contributed by atoms with Crippen LogP contribution < -0.4 is 4.90 Å². The topological polar surface area (TPSA) is 66.5 Å². The third-order valence-corrected chi connectivity index (χ3v) is 4.85. The molecule has 1 aliphatic heterocycles. The van der Waals surface area contributed by atoms with Crippen molar-refractivity contribution in [2.75, 3.05) is 11.4 Å². The first kappa shape index (κ1) is 14.4. The van der Waals surface area contributed by atoms with Gasteiger partial charge in [0.2, 0.25) is 0 Å². The van der Waals surface area contributed by atoms with Crippen molar-refractivity contribution in [2.45, 2.75) is 19.4 Å². The Morgan fingerprint density at radius 2 is 2.04 bits per heavy atom. The zero-order valence-corrected chi connectivity index (χ0v) is 13.6. The molecule has 0 atom stereocenters. The van der Waals surface area contributed by atoms with Crippen molar-refractivity contribution in [2.24, 2.45) is 0 Å². The first-order chi connectivity index (χ1) is 12.3. The Bertz CT molecular complexity index is 1090. The van der Waals surface area contributed by atoms with Gasteiger partial charge in [-0.05, 0) is 42.2 Å². The minimum Gasteiger partial charge on any atom is -0.392 e. The quantitative estimate of drug-likeness (QED) is 0.612. The number of aryl methyl sites for hydroxylation is 1. The normalized spacial score (nSPS) is 14.2. The van der Waals surface area contributed by atoms with E-state index in [1.54, 1.807) is 6.33 Å². The molecule has 0 spiro atoms. The molecule has 25 heavy (non-hydrogen) atoms. The second kappa shape index (κ2) is 5.53. The zero-order chi connectivity index (χ0) is 16.8. The van der Waals surface area contributed by atoms with Crippen LogP contribution in [0.2, 0.25) is 0 Å². The van der Waals surface area contributed by atoms with Crippen molar-refractivity contribution >= 4 is 28.2 Å². The SMILES string of the molecule is OCc1ccc2c(N3CCCc4ccccc43)nc3nncn3c2c1. The third kappa shape index (κ3) is 2.18. The maximum atomic E-state index is 9.50. The van der Waals surface area contributed by atoms with Crippen molar-refractivity contribution in [3.05, 3.63) is 59.9 Å². The lowest BCUT2D eigenvalue weighted by molar-refractivity contribution is 0.282. The number of nitrogens with zero attached hydrogens (tertiary/aromatic N) is 5. The summed E-state index contributed by atoms with van der Waals surface area (Å²) < 4.78 is 1.87. The summed E-state index contributed by atoms with van der Waals surface area (Å²) in [7, 11) is 0. The van der Waals surface area contributed by atoms with Crippen LogP contribution in [0.25, 0.3) is 16.7 Å². The van der Waals surface area contributed by atoms with Crippen molar-refractivity contribution in [1.29, 1.82) is 0 Å². The lowest BCUT2D eigenvalue weighted by Crippen LogP contribution is -2.25. The van der Waals surface area contributed by atoms with Gasteiger partial charge in [-0.3, -0.25) is 4.40 Å². The number of benzene rings is 2. The van der Waals surface area contributed by atoms with Crippen LogP contribution in [0.15, 0.2) is 48.8 Å². The van der Waals surface area contributed by atoms with Crippen LogP contribution in [0.3, 0.4) is 0 Å². The summed E-state index contributed by atoms with van der Waals surface area (Å²) in [6, 6.07) is 14.4. The first-order valence-electron chi connectivity index (χ1n) is 8.44. The van der Waals surface area contributed by atoms with E-state index >= 15 is 0 Å². The van der Waals surface area contributed by atoms with Crippen LogP contribution in [0.5, 0.6) is 0 Å². The van der Waals surface area contributed by atoms with Crippen LogP contribution in [0.4, 0.5) is 11.5 Å². The smallest absolute Gasteiger partial charge is 0.257 e. The second-order valence-corrected chi connectivity index (χ2v) is 6.33. The van der Waals surface area contributed by atoms with E-state index in [1.165, 1.54) is 11.3 Å². The van der Waals surface area contributed by atoms with E-state index in [0.717, 1.165) is 41.7 Å². The molecule has 0 aliphatic carbocycles. The van der Waals surface area contributed by atoms with Crippen LogP contribution in [0.1, 0.15) is 17.5 Å². The van der Waals surface area contributed by atoms with E-state index in [4.69, 9.17) is 4.98 Å². The van der Waals surface area contributed by atoms with E-state index < -0.39 is 0 Å². The Morgan fingerprint density at radius 1 is 1.12 bits per heavy atom. The van der Waals surface area contributed by atoms with E-state index in [-0.39, 0.29) is 6.61 Å².